The summed E-state index contributed by atoms with van der Waals surface area (Å²) in [5, 5.41) is 9.51. The summed E-state index contributed by atoms with van der Waals surface area (Å²) >= 11 is 6.19. The first-order valence-corrected chi connectivity index (χ1v) is 5.30. The Morgan fingerprint density at radius 2 is 2.13 bits per heavy atom. The molecule has 2 rings (SSSR count). The van der Waals surface area contributed by atoms with Crippen molar-refractivity contribution in [3.8, 4) is 11.5 Å². The van der Waals surface area contributed by atoms with Gasteiger partial charge in [-0.25, -0.2) is 0 Å². The molecular weight excluding hydrogens is 216 g/mol. The van der Waals surface area contributed by atoms with E-state index in [0.29, 0.717) is 36.2 Å². The van der Waals surface area contributed by atoms with Gasteiger partial charge in [0.15, 0.2) is 11.5 Å². The Morgan fingerprint density at radius 1 is 1.40 bits per heavy atom. The minimum absolute atomic E-state index is 0.0835. The van der Waals surface area contributed by atoms with Crippen LogP contribution in [0.25, 0.3) is 0 Å². The molecule has 1 aliphatic rings. The molecule has 1 aromatic rings. The molecular formula is C11H13ClO3. The summed E-state index contributed by atoms with van der Waals surface area (Å²) in [5.41, 5.74) is 1.96. The minimum atomic E-state index is 0.0835. The van der Waals surface area contributed by atoms with Gasteiger partial charge in [-0.2, -0.15) is 0 Å². The normalized spacial score (nSPS) is 14.1. The molecule has 0 amide bonds. The topological polar surface area (TPSA) is 38.7 Å². The summed E-state index contributed by atoms with van der Waals surface area (Å²) in [5.74, 6) is 1.31. The molecule has 1 N–H and O–H groups in total. The highest BCUT2D eigenvalue weighted by Gasteiger charge is 2.19. The van der Waals surface area contributed by atoms with E-state index in [1.165, 1.54) is 0 Å². The Hall–Kier alpha value is -0.930. The van der Waals surface area contributed by atoms with Crippen molar-refractivity contribution >= 4 is 11.6 Å². The van der Waals surface area contributed by atoms with E-state index < -0.39 is 0 Å². The van der Waals surface area contributed by atoms with Gasteiger partial charge in [0.05, 0.1) is 5.02 Å². The van der Waals surface area contributed by atoms with Gasteiger partial charge in [0, 0.05) is 6.61 Å². The lowest BCUT2D eigenvalue weighted by atomic mass is 10.0. The van der Waals surface area contributed by atoms with E-state index in [-0.39, 0.29) is 6.61 Å². The van der Waals surface area contributed by atoms with Gasteiger partial charge >= 0.3 is 0 Å². The maximum Gasteiger partial charge on any atom is 0.180 e. The average molecular weight is 229 g/mol. The maximum absolute atomic E-state index is 8.94. The van der Waals surface area contributed by atoms with E-state index in [4.69, 9.17) is 26.2 Å². The molecule has 1 aromatic carbocycles. The van der Waals surface area contributed by atoms with Gasteiger partial charge in [-0.05, 0) is 30.5 Å². The van der Waals surface area contributed by atoms with Crippen LogP contribution in [0.3, 0.4) is 0 Å². The molecule has 1 heterocycles. The number of rotatable bonds is 2. The van der Waals surface area contributed by atoms with Crippen LogP contribution in [0.1, 0.15) is 11.1 Å². The van der Waals surface area contributed by atoms with Crippen molar-refractivity contribution in [1.29, 1.82) is 0 Å². The molecule has 0 radical (unpaired) electrons. The van der Waals surface area contributed by atoms with Crippen LogP contribution in [0.2, 0.25) is 5.02 Å². The molecule has 0 aromatic heterocycles. The second-order valence-electron chi connectivity index (χ2n) is 3.48. The number of aliphatic hydroxyl groups excluding tert-OH is 1. The van der Waals surface area contributed by atoms with Crippen molar-refractivity contribution in [2.75, 3.05) is 19.8 Å². The fourth-order valence-corrected chi connectivity index (χ4v) is 2.11. The first-order valence-electron chi connectivity index (χ1n) is 4.92. The van der Waals surface area contributed by atoms with Gasteiger partial charge in [-0.15, -0.1) is 0 Å². The lowest BCUT2D eigenvalue weighted by molar-refractivity contribution is 0.171. The number of halogens is 1. The van der Waals surface area contributed by atoms with Crippen molar-refractivity contribution in [1.82, 2.24) is 0 Å². The third kappa shape index (κ3) is 1.90. The summed E-state index contributed by atoms with van der Waals surface area (Å²) in [6.07, 6.45) is 0.543. The van der Waals surface area contributed by atoms with E-state index in [0.717, 1.165) is 11.1 Å². The SMILES string of the molecule is Cc1cc2c(c(Cl)c1CCO)OCCO2. The van der Waals surface area contributed by atoms with Crippen molar-refractivity contribution in [2.24, 2.45) is 0 Å². The van der Waals surface area contributed by atoms with Gasteiger partial charge in [-0.3, -0.25) is 0 Å². The fraction of sp³-hybridized carbons (Fsp3) is 0.455. The second-order valence-corrected chi connectivity index (χ2v) is 3.86. The molecule has 0 aliphatic carbocycles. The third-order valence-electron chi connectivity index (χ3n) is 2.46. The summed E-state index contributed by atoms with van der Waals surface area (Å²) in [7, 11) is 0. The van der Waals surface area contributed by atoms with Gasteiger partial charge in [-0.1, -0.05) is 11.6 Å². The van der Waals surface area contributed by atoms with Gasteiger partial charge < -0.3 is 14.6 Å². The highest BCUT2D eigenvalue weighted by atomic mass is 35.5. The largest absolute Gasteiger partial charge is 0.486 e. The first kappa shape index (κ1) is 10.6. The van der Waals surface area contributed by atoms with Crippen molar-refractivity contribution in [2.45, 2.75) is 13.3 Å². The first-order chi connectivity index (χ1) is 7.24. The van der Waals surface area contributed by atoms with Crippen molar-refractivity contribution in [3.63, 3.8) is 0 Å². The van der Waals surface area contributed by atoms with Crippen LogP contribution in [0.15, 0.2) is 6.07 Å². The van der Waals surface area contributed by atoms with Gasteiger partial charge in [0.25, 0.3) is 0 Å². The monoisotopic (exact) mass is 228 g/mol. The summed E-state index contributed by atoms with van der Waals surface area (Å²) in [6, 6.07) is 1.91. The number of ether oxygens (including phenoxy) is 2. The standard InChI is InChI=1S/C11H13ClO3/c1-7-6-9-11(15-5-4-14-9)10(12)8(7)2-3-13/h6,13H,2-5H2,1H3. The molecule has 82 valence electrons. The lowest BCUT2D eigenvalue weighted by Gasteiger charge is -2.22. The Balaban J connectivity index is 2.49. The average Bonchev–Trinajstić information content (AvgIpc) is 2.24. The highest BCUT2D eigenvalue weighted by molar-refractivity contribution is 6.33. The highest BCUT2D eigenvalue weighted by Crippen LogP contribution is 2.41. The van der Waals surface area contributed by atoms with Gasteiger partial charge in [0.2, 0.25) is 0 Å². The number of hydrogen-bond donors (Lipinski definition) is 1. The summed E-state index contributed by atoms with van der Waals surface area (Å²) < 4.78 is 10.9. The molecule has 0 spiro atoms. The molecule has 0 atom stereocenters. The Labute approximate surface area is 93.6 Å². The van der Waals surface area contributed by atoms with Crippen LogP contribution >= 0.6 is 11.6 Å². The second kappa shape index (κ2) is 4.29. The zero-order valence-corrected chi connectivity index (χ0v) is 9.30. The quantitative estimate of drug-likeness (QED) is 0.841. The van der Waals surface area contributed by atoms with Crippen LogP contribution in [0.4, 0.5) is 0 Å². The number of benzene rings is 1. The number of aliphatic hydroxyl groups is 1. The zero-order chi connectivity index (χ0) is 10.8. The molecule has 0 saturated heterocycles. The van der Waals surface area contributed by atoms with Crippen LogP contribution in [-0.2, 0) is 6.42 Å². The molecule has 0 bridgehead atoms. The van der Waals surface area contributed by atoms with Crippen LogP contribution in [-0.4, -0.2) is 24.9 Å². The fourth-order valence-electron chi connectivity index (χ4n) is 1.72. The Morgan fingerprint density at radius 3 is 2.87 bits per heavy atom. The number of fused-ring (bicyclic) bond motifs is 1. The Bertz CT molecular complexity index is 377. The number of hydrogen-bond acceptors (Lipinski definition) is 3. The lowest BCUT2D eigenvalue weighted by Crippen LogP contribution is -2.16. The predicted octanol–water partition coefficient (Wildman–Crippen LogP) is 1.95. The predicted molar refractivity (Wildman–Crippen MR) is 58.0 cm³/mol. The molecule has 0 saturated carbocycles. The molecule has 15 heavy (non-hydrogen) atoms. The van der Waals surface area contributed by atoms with E-state index in [9.17, 15) is 0 Å². The molecule has 1 aliphatic heterocycles. The van der Waals surface area contributed by atoms with Gasteiger partial charge in [0.1, 0.15) is 13.2 Å². The number of aryl methyl sites for hydroxylation is 1. The molecule has 0 fully saturated rings. The van der Waals surface area contributed by atoms with Crippen LogP contribution in [0.5, 0.6) is 11.5 Å². The van der Waals surface area contributed by atoms with E-state index in [2.05, 4.69) is 0 Å². The van der Waals surface area contributed by atoms with Crippen LogP contribution in [0, 0.1) is 6.92 Å². The summed E-state index contributed by atoms with van der Waals surface area (Å²) in [6.45, 7) is 3.12. The molecule has 0 unspecified atom stereocenters. The third-order valence-corrected chi connectivity index (χ3v) is 2.86. The van der Waals surface area contributed by atoms with E-state index in [1.54, 1.807) is 0 Å². The smallest absolute Gasteiger partial charge is 0.180 e. The maximum atomic E-state index is 8.94. The molecule has 4 heteroatoms. The minimum Gasteiger partial charge on any atom is -0.486 e. The van der Waals surface area contributed by atoms with Crippen LogP contribution < -0.4 is 9.47 Å². The van der Waals surface area contributed by atoms with E-state index in [1.807, 2.05) is 13.0 Å². The Kier molecular flexibility index (Phi) is 3.03. The van der Waals surface area contributed by atoms with Crippen molar-refractivity contribution in [3.05, 3.63) is 22.2 Å². The van der Waals surface area contributed by atoms with E-state index >= 15 is 0 Å². The van der Waals surface area contributed by atoms with Crippen molar-refractivity contribution < 1.29 is 14.6 Å². The summed E-state index contributed by atoms with van der Waals surface area (Å²) in [4.78, 5) is 0. The molecule has 3 nitrogen and oxygen atoms in total. The zero-order valence-electron chi connectivity index (χ0n) is 8.55.